The van der Waals surface area contributed by atoms with Crippen molar-refractivity contribution in [1.29, 1.82) is 0 Å². The van der Waals surface area contributed by atoms with Gasteiger partial charge in [0, 0.05) is 17.8 Å². The molecule has 1 aliphatic heterocycles. The number of hydrogen-bond acceptors (Lipinski definition) is 4. The number of rotatable bonds is 8. The Hall–Kier alpha value is -4.20. The number of halogens is 1. The molecule has 36 heavy (non-hydrogen) atoms. The number of nitrogens with one attached hydrogen (secondary N) is 2. The van der Waals surface area contributed by atoms with E-state index < -0.39 is 30.0 Å². The van der Waals surface area contributed by atoms with Gasteiger partial charge >= 0.3 is 6.09 Å². The first kappa shape index (κ1) is 24.9. The van der Waals surface area contributed by atoms with Gasteiger partial charge in [-0.1, -0.05) is 48.9 Å². The lowest BCUT2D eigenvalue weighted by Crippen LogP contribution is -2.43. The molecule has 4 rings (SSSR count). The topological polar surface area (TPSA) is 87.7 Å². The van der Waals surface area contributed by atoms with Gasteiger partial charge in [0.05, 0.1) is 6.54 Å². The lowest BCUT2D eigenvalue weighted by atomic mass is 10.00. The zero-order valence-corrected chi connectivity index (χ0v) is 20.2. The van der Waals surface area contributed by atoms with E-state index in [1.54, 1.807) is 24.3 Å². The third kappa shape index (κ3) is 5.89. The van der Waals surface area contributed by atoms with Crippen LogP contribution in [-0.2, 0) is 20.9 Å². The van der Waals surface area contributed by atoms with E-state index in [-0.39, 0.29) is 12.5 Å². The second-order valence-corrected chi connectivity index (χ2v) is 8.78. The number of nitrogens with zero attached hydrogens (tertiary/aromatic N) is 1. The molecule has 0 unspecified atom stereocenters. The van der Waals surface area contributed by atoms with Gasteiger partial charge in [-0.05, 0) is 60.9 Å². The molecule has 0 aromatic heterocycles. The number of anilines is 2. The highest BCUT2D eigenvalue weighted by atomic mass is 19.1. The molecule has 2 N–H and O–H groups in total. The van der Waals surface area contributed by atoms with E-state index in [2.05, 4.69) is 10.6 Å². The van der Waals surface area contributed by atoms with E-state index in [1.165, 1.54) is 29.2 Å². The maximum atomic E-state index is 13.4. The molecule has 0 radical (unpaired) electrons. The molecule has 1 saturated heterocycles. The van der Waals surface area contributed by atoms with E-state index in [1.807, 2.05) is 38.1 Å². The number of ether oxygens (including phenoxy) is 1. The van der Waals surface area contributed by atoms with Crippen LogP contribution in [0.5, 0.6) is 0 Å². The maximum Gasteiger partial charge on any atom is 0.411 e. The second-order valence-electron chi connectivity index (χ2n) is 8.78. The van der Waals surface area contributed by atoms with Crippen LogP contribution in [0.15, 0.2) is 72.8 Å². The predicted octanol–water partition coefficient (Wildman–Crippen LogP) is 5.57. The second kappa shape index (κ2) is 11.0. The number of hydrogen-bond donors (Lipinski definition) is 2. The lowest BCUT2D eigenvalue weighted by molar-refractivity contribution is -0.121. The molecule has 1 aliphatic rings. The summed E-state index contributed by atoms with van der Waals surface area (Å²) in [5, 5.41) is 5.59. The number of carbonyl (C=O) groups is 3. The van der Waals surface area contributed by atoms with Gasteiger partial charge < -0.3 is 15.4 Å². The zero-order valence-electron chi connectivity index (χ0n) is 20.2. The fourth-order valence-electron chi connectivity index (χ4n) is 4.06. The first-order chi connectivity index (χ1) is 17.3. The molecular weight excluding hydrogens is 461 g/mol. The average Bonchev–Trinajstić information content (AvgIpc) is 3.18. The Morgan fingerprint density at radius 3 is 2.17 bits per heavy atom. The summed E-state index contributed by atoms with van der Waals surface area (Å²) in [5.41, 5.74) is 3.57. The van der Waals surface area contributed by atoms with Crippen LogP contribution in [0, 0.1) is 12.7 Å². The lowest BCUT2D eigenvalue weighted by Gasteiger charge is -2.24. The van der Waals surface area contributed by atoms with Crippen molar-refractivity contribution in [3.8, 4) is 0 Å². The minimum absolute atomic E-state index is 0.0848. The smallest absolute Gasteiger partial charge is 0.411 e. The number of benzene rings is 3. The molecule has 3 aromatic rings. The van der Waals surface area contributed by atoms with Crippen molar-refractivity contribution in [2.75, 3.05) is 10.6 Å². The molecule has 8 heteroatoms. The standard InChI is InChI=1S/C28H28FN3O4/c1-3-4-24(33)30-22-13-9-20(10-14-22)26-25(27(34)31-23-15-11-21(29)12-16-23)32(28(35)36-26)17-19-7-5-18(2)6-8-19/h5-16,25-26H,3-4,17H2,1-2H3,(H,30,33)(H,31,34)/t25-,26-/m1/s1. The van der Waals surface area contributed by atoms with Crippen LogP contribution in [0.2, 0.25) is 0 Å². The third-order valence-corrected chi connectivity index (χ3v) is 5.94. The normalized spacial score (nSPS) is 17.0. The van der Waals surface area contributed by atoms with E-state index in [0.29, 0.717) is 23.4 Å². The minimum Gasteiger partial charge on any atom is -0.438 e. The monoisotopic (exact) mass is 489 g/mol. The van der Waals surface area contributed by atoms with Crippen LogP contribution in [0.25, 0.3) is 0 Å². The maximum absolute atomic E-state index is 13.4. The van der Waals surface area contributed by atoms with Gasteiger partial charge in [-0.2, -0.15) is 0 Å². The van der Waals surface area contributed by atoms with Crippen molar-refractivity contribution >= 4 is 29.3 Å². The van der Waals surface area contributed by atoms with E-state index in [9.17, 15) is 18.8 Å². The Balaban J connectivity index is 1.60. The molecule has 0 aliphatic carbocycles. The quantitative estimate of drug-likeness (QED) is 0.433. The Labute approximate surface area is 209 Å². The fourth-order valence-corrected chi connectivity index (χ4v) is 4.06. The first-order valence-corrected chi connectivity index (χ1v) is 11.8. The Morgan fingerprint density at radius 1 is 0.917 bits per heavy atom. The van der Waals surface area contributed by atoms with Crippen molar-refractivity contribution in [3.63, 3.8) is 0 Å². The average molecular weight is 490 g/mol. The van der Waals surface area contributed by atoms with Crippen LogP contribution in [0.3, 0.4) is 0 Å². The summed E-state index contributed by atoms with van der Waals surface area (Å²) >= 11 is 0. The third-order valence-electron chi connectivity index (χ3n) is 5.94. The van der Waals surface area contributed by atoms with Crippen molar-refractivity contribution in [1.82, 2.24) is 4.90 Å². The molecular formula is C28H28FN3O4. The molecule has 3 amide bonds. The summed E-state index contributed by atoms with van der Waals surface area (Å²) in [7, 11) is 0. The molecule has 3 aromatic carbocycles. The summed E-state index contributed by atoms with van der Waals surface area (Å²) in [6.07, 6.45) is -0.325. The van der Waals surface area contributed by atoms with Crippen molar-refractivity contribution in [2.45, 2.75) is 45.4 Å². The highest BCUT2D eigenvalue weighted by Crippen LogP contribution is 2.35. The van der Waals surface area contributed by atoms with Gasteiger partial charge in [0.25, 0.3) is 5.91 Å². The summed E-state index contributed by atoms with van der Waals surface area (Å²) in [5.74, 6) is -0.958. The molecule has 0 saturated carbocycles. The molecule has 1 heterocycles. The predicted molar refractivity (Wildman–Crippen MR) is 135 cm³/mol. The number of amides is 3. The minimum atomic E-state index is -0.968. The highest BCUT2D eigenvalue weighted by molar-refractivity contribution is 5.98. The van der Waals surface area contributed by atoms with Gasteiger partial charge in [0.15, 0.2) is 12.1 Å². The van der Waals surface area contributed by atoms with Crippen molar-refractivity contribution < 1.29 is 23.5 Å². The molecule has 0 bridgehead atoms. The van der Waals surface area contributed by atoms with Gasteiger partial charge in [0.1, 0.15) is 5.82 Å². The van der Waals surface area contributed by atoms with Crippen LogP contribution in [0.4, 0.5) is 20.6 Å². The number of carbonyl (C=O) groups excluding carboxylic acids is 3. The van der Waals surface area contributed by atoms with Gasteiger partial charge in [0.2, 0.25) is 5.91 Å². The number of cyclic esters (lactones) is 1. The Kier molecular flexibility index (Phi) is 7.63. The molecule has 1 fully saturated rings. The molecule has 186 valence electrons. The van der Waals surface area contributed by atoms with Gasteiger partial charge in [-0.15, -0.1) is 0 Å². The summed E-state index contributed by atoms with van der Waals surface area (Å²) in [4.78, 5) is 39.7. The van der Waals surface area contributed by atoms with E-state index >= 15 is 0 Å². The summed E-state index contributed by atoms with van der Waals surface area (Å²) < 4.78 is 19.0. The van der Waals surface area contributed by atoms with Gasteiger partial charge in [-0.3, -0.25) is 14.5 Å². The molecule has 7 nitrogen and oxygen atoms in total. The van der Waals surface area contributed by atoms with E-state index in [0.717, 1.165) is 17.5 Å². The van der Waals surface area contributed by atoms with Crippen LogP contribution in [0.1, 0.15) is 42.6 Å². The number of aryl methyl sites for hydroxylation is 1. The highest BCUT2D eigenvalue weighted by Gasteiger charge is 2.47. The van der Waals surface area contributed by atoms with E-state index in [4.69, 9.17) is 4.74 Å². The zero-order chi connectivity index (χ0) is 25.7. The first-order valence-electron chi connectivity index (χ1n) is 11.8. The SMILES string of the molecule is CCCC(=O)Nc1ccc([C@H]2OC(=O)N(Cc3ccc(C)cc3)[C@H]2C(=O)Nc2ccc(F)cc2)cc1. The fraction of sp³-hybridized carbons (Fsp3) is 0.250. The van der Waals surface area contributed by atoms with Crippen LogP contribution >= 0.6 is 0 Å². The molecule has 2 atom stereocenters. The van der Waals surface area contributed by atoms with Crippen LogP contribution in [-0.4, -0.2) is 28.8 Å². The largest absolute Gasteiger partial charge is 0.438 e. The summed E-state index contributed by atoms with van der Waals surface area (Å²) in [6.45, 7) is 4.08. The Morgan fingerprint density at radius 2 is 1.53 bits per heavy atom. The summed E-state index contributed by atoms with van der Waals surface area (Å²) in [6, 6.07) is 19.0. The Bertz CT molecular complexity index is 1230. The van der Waals surface area contributed by atoms with Crippen LogP contribution < -0.4 is 10.6 Å². The van der Waals surface area contributed by atoms with Crippen molar-refractivity contribution in [3.05, 3.63) is 95.3 Å². The molecule has 0 spiro atoms. The van der Waals surface area contributed by atoms with Crippen molar-refractivity contribution in [2.24, 2.45) is 0 Å². The van der Waals surface area contributed by atoms with Gasteiger partial charge in [-0.25, -0.2) is 9.18 Å².